The van der Waals surface area contributed by atoms with E-state index in [0.29, 0.717) is 11.6 Å². The summed E-state index contributed by atoms with van der Waals surface area (Å²) in [5, 5.41) is 6.40. The van der Waals surface area contributed by atoms with Crippen LogP contribution in [0.1, 0.15) is 68.1 Å². The molecule has 0 aliphatic heterocycles. The van der Waals surface area contributed by atoms with E-state index in [9.17, 15) is 9.59 Å². The van der Waals surface area contributed by atoms with Crippen molar-refractivity contribution in [2.24, 2.45) is 5.92 Å². The van der Waals surface area contributed by atoms with Crippen LogP contribution in [-0.2, 0) is 4.79 Å². The van der Waals surface area contributed by atoms with E-state index in [2.05, 4.69) is 10.6 Å². The Labute approximate surface area is 168 Å². The Balaban J connectivity index is 1.51. The van der Waals surface area contributed by atoms with Crippen LogP contribution in [0.3, 0.4) is 0 Å². The molecule has 0 bridgehead atoms. The second kappa shape index (κ2) is 10.8. The van der Waals surface area contributed by atoms with Gasteiger partial charge in [-0.2, -0.15) is 0 Å². The van der Waals surface area contributed by atoms with Crippen molar-refractivity contribution in [3.05, 3.63) is 60.2 Å². The molecule has 0 spiro atoms. The van der Waals surface area contributed by atoms with Crippen LogP contribution in [0.4, 0.5) is 0 Å². The van der Waals surface area contributed by atoms with Gasteiger partial charge in [0, 0.05) is 23.6 Å². The number of nitrogens with one attached hydrogen (secondary N) is 2. The van der Waals surface area contributed by atoms with E-state index in [1.165, 1.54) is 6.42 Å². The minimum absolute atomic E-state index is 0.0243. The highest BCUT2D eigenvalue weighted by atomic mass is 16.2. The average Bonchev–Trinajstić information content (AvgIpc) is 2.64. The number of amides is 2. The fourth-order valence-corrected chi connectivity index (χ4v) is 3.90. The smallest absolute Gasteiger partial charge is 0.251 e. The summed E-state index contributed by atoms with van der Waals surface area (Å²) in [6, 6.07) is 17.7. The average molecular weight is 381 g/mol. The van der Waals surface area contributed by atoms with Crippen LogP contribution < -0.4 is 10.6 Å². The molecule has 2 amide bonds. The molecule has 0 aromatic heterocycles. The molecule has 0 radical (unpaired) electrons. The third-order valence-corrected chi connectivity index (χ3v) is 5.85. The molecule has 2 aliphatic carbocycles. The molecule has 0 heterocycles. The quantitative estimate of drug-likeness (QED) is 0.805. The topological polar surface area (TPSA) is 58.2 Å². The third-order valence-electron chi connectivity index (χ3n) is 5.85. The number of rotatable bonds is 4. The first-order chi connectivity index (χ1) is 13.7. The van der Waals surface area contributed by atoms with Crippen molar-refractivity contribution in [1.82, 2.24) is 10.6 Å². The zero-order valence-corrected chi connectivity index (χ0v) is 16.6. The predicted molar refractivity (Wildman–Crippen MR) is 112 cm³/mol. The normalized spacial score (nSPS) is 22.6. The zero-order valence-electron chi connectivity index (χ0n) is 16.6. The van der Waals surface area contributed by atoms with Gasteiger partial charge in [0.05, 0.1) is 0 Å². The van der Waals surface area contributed by atoms with Crippen LogP contribution in [-0.4, -0.2) is 23.9 Å². The van der Waals surface area contributed by atoms with Gasteiger partial charge in [-0.25, -0.2) is 0 Å². The SMILES string of the molecule is O=C(NC1CCCC(C(=O)NC2CCC2)CCC1)c1ccccccccc1. The Bertz CT molecular complexity index is 678. The molecule has 0 unspecified atom stereocenters. The van der Waals surface area contributed by atoms with E-state index < -0.39 is 0 Å². The van der Waals surface area contributed by atoms with Crippen molar-refractivity contribution in [2.45, 2.75) is 69.9 Å². The molecule has 2 fully saturated rings. The van der Waals surface area contributed by atoms with Gasteiger partial charge in [-0.1, -0.05) is 55.3 Å². The number of carbonyl (C=O) groups excluding carboxylic acids is 2. The molecule has 0 atom stereocenters. The Kier molecular flexibility index (Phi) is 7.89. The Morgan fingerprint density at radius 1 is 0.643 bits per heavy atom. The van der Waals surface area contributed by atoms with E-state index in [-0.39, 0.29) is 23.8 Å². The molecule has 150 valence electrons. The van der Waals surface area contributed by atoms with Gasteiger partial charge in [0.1, 0.15) is 0 Å². The van der Waals surface area contributed by atoms with Crippen molar-refractivity contribution < 1.29 is 9.59 Å². The van der Waals surface area contributed by atoms with Gasteiger partial charge in [-0.3, -0.25) is 9.59 Å². The number of carbonyl (C=O) groups is 2. The molecule has 0 saturated heterocycles. The van der Waals surface area contributed by atoms with Crippen LogP contribution in [0.25, 0.3) is 0 Å². The second-order valence-corrected chi connectivity index (χ2v) is 8.00. The first-order valence-corrected chi connectivity index (χ1v) is 10.7. The summed E-state index contributed by atoms with van der Waals surface area (Å²) >= 11 is 0. The maximum absolute atomic E-state index is 12.7. The van der Waals surface area contributed by atoms with Crippen molar-refractivity contribution in [1.29, 1.82) is 0 Å². The molecule has 2 saturated carbocycles. The largest absolute Gasteiger partial charge is 0.353 e. The molecule has 1 aromatic carbocycles. The van der Waals surface area contributed by atoms with Crippen LogP contribution >= 0.6 is 0 Å². The number of hydrogen-bond donors (Lipinski definition) is 2. The maximum atomic E-state index is 12.7. The standard InChI is InChI=1S/C24H32N2O2/c27-23(19-11-6-4-2-1-3-5-7-12-19)25-21-15-8-13-20(14-9-16-21)24(28)26-22-17-10-18-22/h1-7,11-12,20-22H,8-10,13-18H2,(H,25,27)(H,26,28). The van der Waals surface area contributed by atoms with Gasteiger partial charge in [-0.15, -0.1) is 0 Å². The molecule has 2 aliphatic rings. The molecule has 4 nitrogen and oxygen atoms in total. The second-order valence-electron chi connectivity index (χ2n) is 8.00. The fourth-order valence-electron chi connectivity index (χ4n) is 3.90. The number of hydrogen-bond acceptors (Lipinski definition) is 2. The lowest BCUT2D eigenvalue weighted by atomic mass is 9.87. The van der Waals surface area contributed by atoms with Crippen molar-refractivity contribution >= 4 is 11.8 Å². The zero-order chi connectivity index (χ0) is 19.6. The predicted octanol–water partition coefficient (Wildman–Crippen LogP) is 4.55. The molecular weight excluding hydrogens is 348 g/mol. The Morgan fingerprint density at radius 3 is 1.64 bits per heavy atom. The van der Waals surface area contributed by atoms with E-state index >= 15 is 0 Å². The fraction of sp³-hybridized carbons (Fsp3) is 0.500. The summed E-state index contributed by atoms with van der Waals surface area (Å²) < 4.78 is 0. The van der Waals surface area contributed by atoms with E-state index in [1.807, 2.05) is 54.6 Å². The Morgan fingerprint density at radius 2 is 1.11 bits per heavy atom. The highest BCUT2D eigenvalue weighted by molar-refractivity contribution is 5.94. The summed E-state index contributed by atoms with van der Waals surface area (Å²) in [5.74, 6) is 0.368. The lowest BCUT2D eigenvalue weighted by Gasteiger charge is -2.30. The van der Waals surface area contributed by atoms with Gasteiger partial charge < -0.3 is 10.6 Å². The minimum Gasteiger partial charge on any atom is -0.353 e. The molecule has 1 aromatic rings. The summed E-state index contributed by atoms with van der Waals surface area (Å²) in [6.07, 6.45) is 9.21. The van der Waals surface area contributed by atoms with Crippen LogP contribution in [0.2, 0.25) is 0 Å². The summed E-state index contributed by atoms with van der Waals surface area (Å²) in [7, 11) is 0. The minimum atomic E-state index is -0.0243. The molecule has 2 N–H and O–H groups in total. The van der Waals surface area contributed by atoms with E-state index in [0.717, 1.165) is 51.4 Å². The summed E-state index contributed by atoms with van der Waals surface area (Å²) in [6.45, 7) is 0. The molecule has 28 heavy (non-hydrogen) atoms. The van der Waals surface area contributed by atoms with Gasteiger partial charge in [0.15, 0.2) is 0 Å². The van der Waals surface area contributed by atoms with Gasteiger partial charge >= 0.3 is 0 Å². The van der Waals surface area contributed by atoms with Crippen LogP contribution in [0, 0.1) is 5.92 Å². The van der Waals surface area contributed by atoms with Crippen LogP contribution in [0.15, 0.2) is 54.6 Å². The lowest BCUT2D eigenvalue weighted by molar-refractivity contribution is -0.126. The lowest BCUT2D eigenvalue weighted by Crippen LogP contribution is -2.43. The van der Waals surface area contributed by atoms with Crippen molar-refractivity contribution in [2.75, 3.05) is 0 Å². The first-order valence-electron chi connectivity index (χ1n) is 10.7. The monoisotopic (exact) mass is 380 g/mol. The molecular formula is C24H32N2O2. The van der Waals surface area contributed by atoms with E-state index in [1.54, 1.807) is 0 Å². The van der Waals surface area contributed by atoms with Gasteiger partial charge in [0.2, 0.25) is 5.91 Å². The molecule has 4 heteroatoms. The van der Waals surface area contributed by atoms with Crippen molar-refractivity contribution in [3.8, 4) is 0 Å². The summed E-state index contributed by atoms with van der Waals surface area (Å²) in [5.41, 5.74) is 0.663. The van der Waals surface area contributed by atoms with Gasteiger partial charge in [-0.05, 0) is 57.1 Å². The Hall–Kier alpha value is -2.36. The van der Waals surface area contributed by atoms with Crippen molar-refractivity contribution in [3.63, 3.8) is 0 Å². The highest BCUT2D eigenvalue weighted by Gasteiger charge is 2.26. The highest BCUT2D eigenvalue weighted by Crippen LogP contribution is 2.25. The molecule has 3 rings (SSSR count). The first kappa shape index (κ1) is 20.4. The summed E-state index contributed by atoms with van der Waals surface area (Å²) in [4.78, 5) is 25.1. The van der Waals surface area contributed by atoms with Crippen LogP contribution in [0.5, 0.6) is 0 Å². The van der Waals surface area contributed by atoms with Gasteiger partial charge in [0.25, 0.3) is 5.91 Å². The maximum Gasteiger partial charge on any atom is 0.251 e. The third kappa shape index (κ3) is 6.36. The van der Waals surface area contributed by atoms with E-state index in [4.69, 9.17) is 0 Å².